The van der Waals surface area contributed by atoms with Crippen LogP contribution in [-0.2, 0) is 12.0 Å². The molecule has 0 radical (unpaired) electrons. The molecule has 3 aliphatic carbocycles. The zero-order chi connectivity index (χ0) is 22.6. The molecule has 33 heavy (non-hydrogen) atoms. The first-order valence-corrected chi connectivity index (χ1v) is 11.9. The normalized spacial score (nSPS) is 25.8. The second kappa shape index (κ2) is 7.43. The van der Waals surface area contributed by atoms with E-state index in [1.165, 1.54) is 12.1 Å². The van der Waals surface area contributed by atoms with E-state index in [9.17, 15) is 4.39 Å². The number of anilines is 4. The Morgan fingerprint density at radius 2 is 1.73 bits per heavy atom. The minimum absolute atomic E-state index is 0.0376. The predicted molar refractivity (Wildman–Crippen MR) is 128 cm³/mol. The Balaban J connectivity index is 1.27. The van der Waals surface area contributed by atoms with Crippen LogP contribution in [0.5, 0.6) is 0 Å². The highest BCUT2D eigenvalue weighted by molar-refractivity contribution is 5.72. The summed E-state index contributed by atoms with van der Waals surface area (Å²) < 4.78 is 15.8. The maximum Gasteiger partial charge on any atom is 0.227 e. The largest absolute Gasteiger partial charge is 0.373 e. The van der Waals surface area contributed by atoms with E-state index in [-0.39, 0.29) is 16.9 Å². The smallest absolute Gasteiger partial charge is 0.227 e. The van der Waals surface area contributed by atoms with Crippen LogP contribution in [0.25, 0.3) is 0 Å². The van der Waals surface area contributed by atoms with Crippen LogP contribution in [-0.4, -0.2) is 38.7 Å². The maximum absolute atomic E-state index is 13.5. The van der Waals surface area contributed by atoms with Crippen molar-refractivity contribution in [2.24, 2.45) is 0 Å². The highest BCUT2D eigenvalue weighted by Crippen LogP contribution is 2.52. The number of fused-ring (bicyclic) bond motifs is 4. The molecule has 1 aliphatic heterocycles. The van der Waals surface area contributed by atoms with E-state index in [2.05, 4.69) is 38.2 Å². The third-order valence-electron chi connectivity index (χ3n) is 8.04. The third kappa shape index (κ3) is 3.34. The molecular weight excluding hydrogens is 417 g/mol. The molecule has 0 amide bonds. The molecule has 7 rings (SSSR count). The maximum atomic E-state index is 13.5. The van der Waals surface area contributed by atoms with Crippen LogP contribution in [0.15, 0.2) is 36.8 Å². The molecule has 0 atom stereocenters. The lowest BCUT2D eigenvalue weighted by atomic mass is 9.61. The van der Waals surface area contributed by atoms with Crippen LogP contribution in [0, 0.1) is 12.7 Å². The Kier molecular flexibility index (Phi) is 4.61. The predicted octanol–water partition coefficient (Wildman–Crippen LogP) is 4.77. The Morgan fingerprint density at radius 3 is 2.36 bits per heavy atom. The molecule has 2 N–H and O–H groups in total. The Morgan fingerprint density at radius 1 is 1.00 bits per heavy atom. The van der Waals surface area contributed by atoms with E-state index in [1.54, 1.807) is 0 Å². The van der Waals surface area contributed by atoms with Crippen molar-refractivity contribution in [3.05, 3.63) is 53.9 Å². The average molecular weight is 448 g/mol. The van der Waals surface area contributed by atoms with Gasteiger partial charge >= 0.3 is 0 Å². The van der Waals surface area contributed by atoms with Crippen LogP contribution < -0.4 is 15.5 Å². The molecule has 8 heteroatoms. The molecule has 3 fully saturated rings. The molecule has 0 saturated heterocycles. The molecule has 3 aromatic rings. The summed E-state index contributed by atoms with van der Waals surface area (Å²) in [4.78, 5) is 16.5. The van der Waals surface area contributed by atoms with E-state index >= 15 is 0 Å². The number of benzene rings is 1. The molecular formula is C25H30FN7. The number of hydrogen-bond donors (Lipinski definition) is 2. The van der Waals surface area contributed by atoms with Gasteiger partial charge in [-0.05, 0) is 76.1 Å². The van der Waals surface area contributed by atoms with Gasteiger partial charge in [-0.15, -0.1) is 0 Å². The molecule has 2 aromatic heterocycles. The molecule has 3 heterocycles. The fourth-order valence-corrected chi connectivity index (χ4v) is 6.05. The van der Waals surface area contributed by atoms with E-state index < -0.39 is 0 Å². The fraction of sp³-hybridized carbons (Fsp3) is 0.480. The quantitative estimate of drug-likeness (QED) is 0.587. The lowest BCUT2D eigenvalue weighted by molar-refractivity contribution is 0.0638. The van der Waals surface area contributed by atoms with Crippen LogP contribution in [0.2, 0.25) is 0 Å². The van der Waals surface area contributed by atoms with Crippen LogP contribution >= 0.6 is 0 Å². The molecule has 7 nitrogen and oxygen atoms in total. The fourth-order valence-electron chi connectivity index (χ4n) is 6.05. The van der Waals surface area contributed by atoms with Gasteiger partial charge < -0.3 is 20.1 Å². The van der Waals surface area contributed by atoms with Gasteiger partial charge in [-0.2, -0.15) is 9.97 Å². The number of aromatic nitrogens is 4. The minimum atomic E-state index is -0.227. The van der Waals surface area contributed by atoms with Crippen molar-refractivity contribution < 1.29 is 4.39 Å². The Bertz CT molecular complexity index is 1160. The van der Waals surface area contributed by atoms with Gasteiger partial charge in [-0.25, -0.2) is 9.37 Å². The summed E-state index contributed by atoms with van der Waals surface area (Å²) in [6.45, 7) is 2.87. The molecule has 3 saturated carbocycles. The molecule has 0 spiro atoms. The first-order valence-electron chi connectivity index (χ1n) is 11.9. The van der Waals surface area contributed by atoms with Gasteiger partial charge in [0.1, 0.15) is 17.5 Å². The molecule has 172 valence electrons. The van der Waals surface area contributed by atoms with E-state index in [1.807, 2.05) is 25.5 Å². The molecule has 0 unspecified atom stereocenters. The number of nitrogens with zero attached hydrogens (tertiary/aromatic N) is 5. The third-order valence-corrected chi connectivity index (χ3v) is 8.04. The summed E-state index contributed by atoms with van der Waals surface area (Å²) in [6, 6.07) is 6.64. The standard InChI is InChI=1S/C25H30FN7/c1-17-15-32(16-28-17)25-11-8-24(9-12-25,10-13-25)31-23-29-21(27-2)20-7-14-33(22(20)30-23)19-5-3-18(26)4-6-19/h3-6,15-16H,7-14H2,1-2H3,(H2,27,29,30,31). The van der Waals surface area contributed by atoms with E-state index in [4.69, 9.17) is 9.97 Å². The highest BCUT2D eigenvalue weighted by atomic mass is 19.1. The summed E-state index contributed by atoms with van der Waals surface area (Å²) in [6.07, 6.45) is 11.8. The SMILES string of the molecule is CNc1nc(NC23CCC(n4cnc(C)c4)(CC2)CC3)nc2c1CCN2c1ccc(F)cc1. The number of hydrogen-bond acceptors (Lipinski definition) is 6. The van der Waals surface area contributed by atoms with Crippen molar-refractivity contribution in [2.75, 3.05) is 29.1 Å². The van der Waals surface area contributed by atoms with Gasteiger partial charge in [0.2, 0.25) is 5.95 Å². The number of rotatable bonds is 5. The van der Waals surface area contributed by atoms with Crippen molar-refractivity contribution in [1.82, 2.24) is 19.5 Å². The zero-order valence-corrected chi connectivity index (χ0v) is 19.2. The molecule has 1 aromatic carbocycles. The van der Waals surface area contributed by atoms with Crippen molar-refractivity contribution in [3.8, 4) is 0 Å². The summed E-state index contributed by atoms with van der Waals surface area (Å²) in [5.74, 6) is 2.24. The van der Waals surface area contributed by atoms with Crippen LogP contribution in [0.4, 0.5) is 27.7 Å². The first-order chi connectivity index (χ1) is 16.0. The van der Waals surface area contributed by atoms with Gasteiger partial charge in [0, 0.05) is 42.1 Å². The van der Waals surface area contributed by atoms with Crippen molar-refractivity contribution >= 4 is 23.3 Å². The van der Waals surface area contributed by atoms with Gasteiger partial charge in [0.15, 0.2) is 0 Å². The monoisotopic (exact) mass is 447 g/mol. The van der Waals surface area contributed by atoms with E-state index in [0.717, 1.165) is 80.1 Å². The zero-order valence-electron chi connectivity index (χ0n) is 19.2. The van der Waals surface area contributed by atoms with Gasteiger partial charge in [0.05, 0.1) is 12.0 Å². The molecule has 2 bridgehead atoms. The van der Waals surface area contributed by atoms with Crippen molar-refractivity contribution in [3.63, 3.8) is 0 Å². The summed E-state index contributed by atoms with van der Waals surface area (Å²) >= 11 is 0. The average Bonchev–Trinajstić information content (AvgIpc) is 3.47. The number of halogens is 1. The van der Waals surface area contributed by atoms with Gasteiger partial charge in [-0.3, -0.25) is 0 Å². The minimum Gasteiger partial charge on any atom is -0.373 e. The van der Waals surface area contributed by atoms with Gasteiger partial charge in [0.25, 0.3) is 0 Å². The van der Waals surface area contributed by atoms with Gasteiger partial charge in [-0.1, -0.05) is 0 Å². The molecule has 4 aliphatic rings. The highest BCUT2D eigenvalue weighted by Gasteiger charge is 2.50. The van der Waals surface area contributed by atoms with Crippen molar-refractivity contribution in [1.29, 1.82) is 0 Å². The lowest BCUT2D eigenvalue weighted by Crippen LogP contribution is -2.54. The topological polar surface area (TPSA) is 70.9 Å². The first kappa shape index (κ1) is 20.4. The van der Waals surface area contributed by atoms with Crippen LogP contribution in [0.3, 0.4) is 0 Å². The van der Waals surface area contributed by atoms with E-state index in [0.29, 0.717) is 5.95 Å². The Labute approximate surface area is 193 Å². The lowest BCUT2D eigenvalue weighted by Gasteiger charge is -2.54. The van der Waals surface area contributed by atoms with Crippen molar-refractivity contribution in [2.45, 2.75) is 62.9 Å². The Hall–Kier alpha value is -3.16. The summed E-state index contributed by atoms with van der Waals surface area (Å²) in [5, 5.41) is 7.04. The van der Waals surface area contributed by atoms with Crippen LogP contribution in [0.1, 0.15) is 49.8 Å². The second-order valence-electron chi connectivity index (χ2n) is 9.88. The summed E-state index contributed by atoms with van der Waals surface area (Å²) in [5.41, 5.74) is 3.40. The number of aryl methyl sites for hydroxylation is 1. The number of imidazole rings is 1. The summed E-state index contributed by atoms with van der Waals surface area (Å²) in [7, 11) is 1.91. The number of nitrogens with one attached hydrogen (secondary N) is 2. The second-order valence-corrected chi connectivity index (χ2v) is 9.88.